The Morgan fingerprint density at radius 2 is 1.73 bits per heavy atom. The van der Waals surface area contributed by atoms with Crippen LogP contribution in [0.5, 0.6) is 0 Å². The zero-order valence-corrected chi connectivity index (χ0v) is 14.2. The molecule has 0 unspecified atom stereocenters. The Hall–Kier alpha value is -1.26. The van der Waals surface area contributed by atoms with Gasteiger partial charge in [-0.25, -0.2) is 0 Å². The van der Waals surface area contributed by atoms with Gasteiger partial charge in [-0.15, -0.1) is 0 Å². The largest absolute Gasteiger partial charge is 0.355 e. The Kier molecular flexibility index (Phi) is 5.35. The second kappa shape index (κ2) is 6.88. The van der Waals surface area contributed by atoms with Gasteiger partial charge in [0.1, 0.15) is 5.41 Å². The highest BCUT2D eigenvalue weighted by Crippen LogP contribution is 2.47. The molecule has 0 aromatic heterocycles. The van der Waals surface area contributed by atoms with Crippen LogP contribution in [0.2, 0.25) is 10.0 Å². The maximum atomic E-state index is 12.4. The number of carbonyl (C=O) groups is 2. The van der Waals surface area contributed by atoms with Crippen molar-refractivity contribution >= 4 is 40.7 Å². The van der Waals surface area contributed by atoms with E-state index in [0.29, 0.717) is 41.0 Å². The summed E-state index contributed by atoms with van der Waals surface area (Å²) in [5.74, 6) is 0.0181. The smallest absolute Gasteiger partial charge is 0.240 e. The van der Waals surface area contributed by atoms with Gasteiger partial charge >= 0.3 is 0 Å². The summed E-state index contributed by atoms with van der Waals surface area (Å²) in [6.07, 6.45) is 2.04. The van der Waals surface area contributed by atoms with Crippen LogP contribution in [0, 0.1) is 11.3 Å². The molecule has 1 aromatic rings. The van der Waals surface area contributed by atoms with E-state index in [1.807, 2.05) is 0 Å². The van der Waals surface area contributed by atoms with Gasteiger partial charge in [-0.1, -0.05) is 37.0 Å². The van der Waals surface area contributed by atoms with Crippen molar-refractivity contribution in [3.63, 3.8) is 0 Å². The molecule has 120 valence electrons. The quantitative estimate of drug-likeness (QED) is 0.771. The van der Waals surface area contributed by atoms with Crippen LogP contribution >= 0.6 is 23.2 Å². The van der Waals surface area contributed by atoms with Crippen LogP contribution in [-0.2, 0) is 9.59 Å². The van der Waals surface area contributed by atoms with E-state index in [1.54, 1.807) is 18.2 Å². The second-order valence-electron chi connectivity index (χ2n) is 6.13. The molecule has 0 aliphatic heterocycles. The number of anilines is 1. The molecule has 1 saturated carbocycles. The van der Waals surface area contributed by atoms with Gasteiger partial charge in [-0.05, 0) is 43.4 Å². The predicted molar refractivity (Wildman–Crippen MR) is 89.2 cm³/mol. The minimum absolute atomic E-state index is 0.196. The number of hydrogen-bond acceptors (Lipinski definition) is 2. The molecule has 0 radical (unpaired) electrons. The van der Waals surface area contributed by atoms with E-state index in [9.17, 15) is 9.59 Å². The molecule has 0 bridgehead atoms. The number of nitrogens with one attached hydrogen (secondary N) is 2. The summed E-state index contributed by atoms with van der Waals surface area (Å²) in [6, 6.07) is 4.81. The summed E-state index contributed by atoms with van der Waals surface area (Å²) in [4.78, 5) is 24.6. The molecule has 0 heterocycles. The zero-order valence-electron chi connectivity index (χ0n) is 12.7. The lowest BCUT2D eigenvalue weighted by Crippen LogP contribution is -2.40. The first-order chi connectivity index (χ1) is 10.3. The fraction of sp³-hybridized carbons (Fsp3) is 0.500. The molecule has 2 N–H and O–H groups in total. The number of rotatable bonds is 6. The second-order valence-corrected chi connectivity index (χ2v) is 7.01. The molecule has 2 rings (SSSR count). The summed E-state index contributed by atoms with van der Waals surface area (Å²) in [5.41, 5.74) is -0.435. The third-order valence-electron chi connectivity index (χ3n) is 3.75. The number of carbonyl (C=O) groups excluding carboxylic acids is 2. The highest BCUT2D eigenvalue weighted by atomic mass is 35.5. The van der Waals surface area contributed by atoms with Crippen molar-refractivity contribution in [1.29, 1.82) is 0 Å². The average Bonchev–Trinajstić information content (AvgIpc) is 3.18. The summed E-state index contributed by atoms with van der Waals surface area (Å²) in [5, 5.41) is 6.47. The van der Waals surface area contributed by atoms with E-state index in [0.717, 1.165) is 6.42 Å². The van der Waals surface area contributed by atoms with E-state index < -0.39 is 5.41 Å². The fourth-order valence-electron chi connectivity index (χ4n) is 2.20. The molecule has 4 nitrogen and oxygen atoms in total. The maximum absolute atomic E-state index is 12.4. The van der Waals surface area contributed by atoms with Crippen molar-refractivity contribution in [3.8, 4) is 0 Å². The Labute approximate surface area is 140 Å². The predicted octanol–water partition coefficient (Wildman–Crippen LogP) is 3.87. The zero-order chi connectivity index (χ0) is 16.3. The molecule has 22 heavy (non-hydrogen) atoms. The minimum atomic E-state index is -0.939. The SMILES string of the molecule is CC(C)CCNC(=O)C1(C(=O)Nc2cc(Cl)cc(Cl)c2)CC1. The molecule has 2 amide bonds. The molecule has 0 saturated heterocycles. The highest BCUT2D eigenvalue weighted by Gasteiger charge is 2.56. The van der Waals surface area contributed by atoms with Gasteiger partial charge in [0.05, 0.1) is 0 Å². The highest BCUT2D eigenvalue weighted by molar-refractivity contribution is 6.35. The molecule has 0 atom stereocenters. The molecule has 0 spiro atoms. The Balaban J connectivity index is 1.97. The number of amides is 2. The van der Waals surface area contributed by atoms with Crippen molar-refractivity contribution in [2.45, 2.75) is 33.1 Å². The topological polar surface area (TPSA) is 58.2 Å². The Morgan fingerprint density at radius 1 is 1.14 bits per heavy atom. The first-order valence-electron chi connectivity index (χ1n) is 7.39. The van der Waals surface area contributed by atoms with Gasteiger partial charge in [-0.3, -0.25) is 9.59 Å². The van der Waals surface area contributed by atoms with Crippen LogP contribution in [0.25, 0.3) is 0 Å². The lowest BCUT2D eigenvalue weighted by atomic mass is 10.0. The van der Waals surface area contributed by atoms with Crippen molar-refractivity contribution in [2.75, 3.05) is 11.9 Å². The van der Waals surface area contributed by atoms with Gasteiger partial charge in [0.15, 0.2) is 0 Å². The summed E-state index contributed by atoms with van der Waals surface area (Å²) in [6.45, 7) is 4.78. The molecule has 6 heteroatoms. The van der Waals surface area contributed by atoms with Crippen molar-refractivity contribution in [1.82, 2.24) is 5.32 Å². The van der Waals surface area contributed by atoms with E-state index in [4.69, 9.17) is 23.2 Å². The number of benzene rings is 1. The molecular formula is C16H20Cl2N2O2. The maximum Gasteiger partial charge on any atom is 0.240 e. The summed E-state index contributed by atoms with van der Waals surface area (Å²) >= 11 is 11.8. The normalized spacial score (nSPS) is 15.5. The van der Waals surface area contributed by atoms with Crippen molar-refractivity contribution in [3.05, 3.63) is 28.2 Å². The lowest BCUT2D eigenvalue weighted by molar-refractivity contribution is -0.134. The van der Waals surface area contributed by atoms with Crippen molar-refractivity contribution < 1.29 is 9.59 Å². The van der Waals surface area contributed by atoms with Gasteiger partial charge in [0.2, 0.25) is 11.8 Å². The monoisotopic (exact) mass is 342 g/mol. The van der Waals surface area contributed by atoms with Gasteiger partial charge in [-0.2, -0.15) is 0 Å². The average molecular weight is 343 g/mol. The van der Waals surface area contributed by atoms with Crippen LogP contribution in [0.15, 0.2) is 18.2 Å². The summed E-state index contributed by atoms with van der Waals surface area (Å²) < 4.78 is 0. The van der Waals surface area contributed by atoms with Gasteiger partial charge in [0.25, 0.3) is 0 Å². The Morgan fingerprint density at radius 3 is 2.23 bits per heavy atom. The van der Waals surface area contributed by atoms with Crippen LogP contribution < -0.4 is 10.6 Å². The number of halogens is 2. The standard InChI is InChI=1S/C16H20Cl2N2O2/c1-10(2)3-6-19-14(21)16(4-5-16)15(22)20-13-8-11(17)7-12(18)9-13/h7-10H,3-6H2,1-2H3,(H,19,21)(H,20,22). The molecule has 1 aromatic carbocycles. The Bertz CT molecular complexity index is 563. The summed E-state index contributed by atoms with van der Waals surface area (Å²) in [7, 11) is 0. The molecule has 1 aliphatic rings. The molecule has 1 fully saturated rings. The first-order valence-corrected chi connectivity index (χ1v) is 8.15. The lowest BCUT2D eigenvalue weighted by Gasteiger charge is -2.16. The van der Waals surface area contributed by atoms with E-state index in [2.05, 4.69) is 24.5 Å². The van der Waals surface area contributed by atoms with Crippen LogP contribution in [0.3, 0.4) is 0 Å². The van der Waals surface area contributed by atoms with E-state index in [-0.39, 0.29) is 11.8 Å². The molecular weight excluding hydrogens is 323 g/mol. The van der Waals surface area contributed by atoms with Crippen LogP contribution in [-0.4, -0.2) is 18.4 Å². The molecule has 1 aliphatic carbocycles. The van der Waals surface area contributed by atoms with E-state index in [1.165, 1.54) is 0 Å². The fourth-order valence-corrected chi connectivity index (χ4v) is 2.73. The van der Waals surface area contributed by atoms with E-state index >= 15 is 0 Å². The van der Waals surface area contributed by atoms with Crippen LogP contribution in [0.4, 0.5) is 5.69 Å². The van der Waals surface area contributed by atoms with Gasteiger partial charge < -0.3 is 10.6 Å². The van der Waals surface area contributed by atoms with Crippen LogP contribution in [0.1, 0.15) is 33.1 Å². The first kappa shape index (κ1) is 17.1. The number of hydrogen-bond donors (Lipinski definition) is 2. The minimum Gasteiger partial charge on any atom is -0.355 e. The van der Waals surface area contributed by atoms with Crippen molar-refractivity contribution in [2.24, 2.45) is 11.3 Å². The third kappa shape index (κ3) is 4.14. The third-order valence-corrected chi connectivity index (χ3v) is 4.18. The van der Waals surface area contributed by atoms with Gasteiger partial charge in [0, 0.05) is 22.3 Å².